The van der Waals surface area contributed by atoms with Crippen molar-refractivity contribution in [3.63, 3.8) is 0 Å². The van der Waals surface area contributed by atoms with Crippen molar-refractivity contribution in [2.75, 3.05) is 5.43 Å². The SMILES string of the molecule is CC(=O)NNc1ncnc2ccc(C(F)(F)F)cc12. The zero-order chi connectivity index (χ0) is 14.0. The van der Waals surface area contributed by atoms with Crippen molar-refractivity contribution in [1.29, 1.82) is 0 Å². The molecule has 0 spiro atoms. The minimum Gasteiger partial charge on any atom is -0.281 e. The summed E-state index contributed by atoms with van der Waals surface area (Å²) in [5.74, 6) is -0.287. The molecular weight excluding hydrogens is 261 g/mol. The summed E-state index contributed by atoms with van der Waals surface area (Å²) in [5, 5.41) is 0.172. The highest BCUT2D eigenvalue weighted by Gasteiger charge is 2.30. The Balaban J connectivity index is 2.49. The van der Waals surface area contributed by atoms with Crippen molar-refractivity contribution in [2.24, 2.45) is 0 Å². The first-order chi connectivity index (χ1) is 8.88. The molecule has 1 aromatic heterocycles. The molecule has 8 heteroatoms. The van der Waals surface area contributed by atoms with Crippen LogP contribution in [0.1, 0.15) is 12.5 Å². The Hall–Kier alpha value is -2.38. The summed E-state index contributed by atoms with van der Waals surface area (Å²) in [6.45, 7) is 1.26. The van der Waals surface area contributed by atoms with E-state index >= 15 is 0 Å². The summed E-state index contributed by atoms with van der Waals surface area (Å²) in [6.07, 6.45) is -3.25. The molecule has 100 valence electrons. The fourth-order valence-electron chi connectivity index (χ4n) is 1.48. The van der Waals surface area contributed by atoms with Gasteiger partial charge < -0.3 is 0 Å². The molecule has 0 saturated carbocycles. The first-order valence-electron chi connectivity index (χ1n) is 5.22. The van der Waals surface area contributed by atoms with E-state index in [4.69, 9.17) is 0 Å². The summed E-state index contributed by atoms with van der Waals surface area (Å²) in [7, 11) is 0. The highest BCUT2D eigenvalue weighted by Crippen LogP contribution is 2.32. The summed E-state index contributed by atoms with van der Waals surface area (Å²) < 4.78 is 37.9. The minimum atomic E-state index is -4.45. The Morgan fingerprint density at radius 2 is 2.00 bits per heavy atom. The van der Waals surface area contributed by atoms with Crippen molar-refractivity contribution >= 4 is 22.6 Å². The van der Waals surface area contributed by atoms with Gasteiger partial charge in [0.15, 0.2) is 5.82 Å². The molecule has 19 heavy (non-hydrogen) atoms. The number of aromatic nitrogens is 2. The average molecular weight is 270 g/mol. The van der Waals surface area contributed by atoms with Crippen molar-refractivity contribution in [2.45, 2.75) is 13.1 Å². The van der Waals surface area contributed by atoms with Crippen LogP contribution in [-0.4, -0.2) is 15.9 Å². The normalized spacial score (nSPS) is 11.4. The van der Waals surface area contributed by atoms with Gasteiger partial charge in [-0.15, -0.1) is 0 Å². The van der Waals surface area contributed by atoms with Gasteiger partial charge in [0.2, 0.25) is 5.91 Å². The number of carbonyl (C=O) groups is 1. The van der Waals surface area contributed by atoms with Crippen LogP contribution in [0.5, 0.6) is 0 Å². The van der Waals surface area contributed by atoms with Crippen LogP contribution in [-0.2, 0) is 11.0 Å². The molecule has 2 aromatic rings. The fourth-order valence-corrected chi connectivity index (χ4v) is 1.48. The van der Waals surface area contributed by atoms with Crippen LogP contribution < -0.4 is 10.9 Å². The van der Waals surface area contributed by atoms with Crippen molar-refractivity contribution in [3.05, 3.63) is 30.1 Å². The van der Waals surface area contributed by atoms with Crippen LogP contribution in [0.4, 0.5) is 19.0 Å². The highest BCUT2D eigenvalue weighted by atomic mass is 19.4. The number of benzene rings is 1. The molecule has 0 radical (unpaired) electrons. The van der Waals surface area contributed by atoms with Crippen LogP contribution in [0.15, 0.2) is 24.5 Å². The number of rotatable bonds is 2. The Labute approximate surface area is 105 Å². The molecule has 0 fully saturated rings. The Bertz CT molecular complexity index is 627. The van der Waals surface area contributed by atoms with Gasteiger partial charge >= 0.3 is 6.18 Å². The van der Waals surface area contributed by atoms with Gasteiger partial charge in [0.1, 0.15) is 6.33 Å². The van der Waals surface area contributed by atoms with Gasteiger partial charge in [-0.1, -0.05) is 0 Å². The maximum atomic E-state index is 12.6. The van der Waals surface area contributed by atoms with E-state index in [0.29, 0.717) is 5.52 Å². The third kappa shape index (κ3) is 2.90. The van der Waals surface area contributed by atoms with Gasteiger partial charge in [0.25, 0.3) is 0 Å². The second kappa shape index (κ2) is 4.71. The van der Waals surface area contributed by atoms with Crippen molar-refractivity contribution < 1.29 is 18.0 Å². The zero-order valence-corrected chi connectivity index (χ0v) is 9.75. The molecule has 0 bridgehead atoms. The molecule has 5 nitrogen and oxygen atoms in total. The number of carbonyl (C=O) groups excluding carboxylic acids is 1. The number of halogens is 3. The van der Waals surface area contributed by atoms with Gasteiger partial charge in [-0.3, -0.25) is 15.6 Å². The Kier molecular flexibility index (Phi) is 3.24. The zero-order valence-electron chi connectivity index (χ0n) is 9.75. The molecule has 0 aliphatic heterocycles. The van der Waals surface area contributed by atoms with Gasteiger partial charge in [0, 0.05) is 12.3 Å². The summed E-state index contributed by atoms with van der Waals surface area (Å²) >= 11 is 0. The van der Waals surface area contributed by atoms with E-state index in [1.165, 1.54) is 19.3 Å². The molecule has 1 aromatic carbocycles. The quantitative estimate of drug-likeness (QED) is 0.820. The minimum absolute atomic E-state index is 0.103. The van der Waals surface area contributed by atoms with E-state index < -0.39 is 17.6 Å². The van der Waals surface area contributed by atoms with Crippen molar-refractivity contribution in [3.8, 4) is 0 Å². The Morgan fingerprint density at radius 1 is 1.26 bits per heavy atom. The number of anilines is 1. The van der Waals surface area contributed by atoms with Crippen LogP contribution in [0.2, 0.25) is 0 Å². The second-order valence-corrected chi connectivity index (χ2v) is 3.76. The number of nitrogens with zero attached hydrogens (tertiary/aromatic N) is 2. The third-order valence-corrected chi connectivity index (χ3v) is 2.32. The predicted octanol–water partition coefficient (Wildman–Crippen LogP) is 2.11. The average Bonchev–Trinajstić information content (AvgIpc) is 2.34. The lowest BCUT2D eigenvalue weighted by molar-refractivity contribution is -0.137. The summed E-state index contributed by atoms with van der Waals surface area (Å²) in [6, 6.07) is 3.12. The first-order valence-corrected chi connectivity index (χ1v) is 5.22. The van der Waals surface area contributed by atoms with Crippen LogP contribution >= 0.6 is 0 Å². The number of alkyl halides is 3. The molecule has 0 unspecified atom stereocenters. The molecule has 1 amide bonds. The van der Waals surface area contributed by atoms with Crippen LogP contribution in [0.3, 0.4) is 0 Å². The summed E-state index contributed by atoms with van der Waals surface area (Å²) in [4.78, 5) is 18.4. The van der Waals surface area contributed by atoms with Crippen molar-refractivity contribution in [1.82, 2.24) is 15.4 Å². The van der Waals surface area contributed by atoms with Gasteiger partial charge in [0.05, 0.1) is 11.1 Å². The lowest BCUT2D eigenvalue weighted by Gasteiger charge is -2.11. The molecule has 0 aliphatic carbocycles. The molecular formula is C11H9F3N4O. The number of nitrogens with one attached hydrogen (secondary N) is 2. The van der Waals surface area contributed by atoms with Gasteiger partial charge in [-0.05, 0) is 18.2 Å². The number of hydrogen-bond acceptors (Lipinski definition) is 4. The van der Waals surface area contributed by atoms with Crippen LogP contribution in [0, 0.1) is 0 Å². The number of hydrogen-bond donors (Lipinski definition) is 2. The molecule has 0 aliphatic rings. The largest absolute Gasteiger partial charge is 0.416 e. The van der Waals surface area contributed by atoms with E-state index in [2.05, 4.69) is 20.8 Å². The maximum Gasteiger partial charge on any atom is 0.416 e. The number of fused-ring (bicyclic) bond motifs is 1. The monoisotopic (exact) mass is 270 g/mol. The van der Waals surface area contributed by atoms with Gasteiger partial charge in [-0.25, -0.2) is 9.97 Å². The molecule has 2 N–H and O–H groups in total. The third-order valence-electron chi connectivity index (χ3n) is 2.32. The number of amides is 1. The highest BCUT2D eigenvalue weighted by molar-refractivity contribution is 5.90. The smallest absolute Gasteiger partial charge is 0.281 e. The standard InChI is InChI=1S/C11H9F3N4O/c1-6(19)17-18-10-8-4-7(11(12,13)14)2-3-9(8)15-5-16-10/h2-5H,1H3,(H,17,19)(H,15,16,18). The van der Waals surface area contributed by atoms with E-state index in [-0.39, 0.29) is 11.2 Å². The molecule has 2 rings (SSSR count). The lowest BCUT2D eigenvalue weighted by atomic mass is 10.1. The molecule has 1 heterocycles. The maximum absolute atomic E-state index is 12.6. The fraction of sp³-hybridized carbons (Fsp3) is 0.182. The number of hydrazine groups is 1. The Morgan fingerprint density at radius 3 is 2.63 bits per heavy atom. The predicted molar refractivity (Wildman–Crippen MR) is 62.0 cm³/mol. The van der Waals surface area contributed by atoms with E-state index in [9.17, 15) is 18.0 Å². The second-order valence-electron chi connectivity index (χ2n) is 3.76. The van der Waals surface area contributed by atoms with E-state index in [1.54, 1.807) is 0 Å². The lowest BCUT2D eigenvalue weighted by Crippen LogP contribution is -2.27. The topological polar surface area (TPSA) is 66.9 Å². The van der Waals surface area contributed by atoms with E-state index in [1.807, 2.05) is 0 Å². The summed E-state index contributed by atoms with van der Waals surface area (Å²) in [5.41, 5.74) is 4.24. The van der Waals surface area contributed by atoms with E-state index in [0.717, 1.165) is 12.1 Å². The van der Waals surface area contributed by atoms with Gasteiger partial charge in [-0.2, -0.15) is 13.2 Å². The molecule has 0 atom stereocenters. The molecule has 0 saturated heterocycles. The first kappa shape index (κ1) is 13.1. The van der Waals surface area contributed by atoms with Crippen LogP contribution in [0.25, 0.3) is 10.9 Å².